The predicted octanol–water partition coefficient (Wildman–Crippen LogP) is 4.63. The molecule has 7 nitrogen and oxygen atoms in total. The number of aromatic nitrogens is 5. The van der Waals surface area contributed by atoms with Gasteiger partial charge in [0, 0.05) is 6.20 Å². The topological polar surface area (TPSA) is 85.6 Å². The van der Waals surface area contributed by atoms with E-state index in [9.17, 15) is 18.0 Å². The quantitative estimate of drug-likeness (QED) is 0.443. The van der Waals surface area contributed by atoms with Crippen LogP contribution in [0.5, 0.6) is 0 Å². The first-order valence-electron chi connectivity index (χ1n) is 8.60. The van der Waals surface area contributed by atoms with Crippen molar-refractivity contribution in [3.8, 4) is 5.82 Å². The molecule has 29 heavy (non-hydrogen) atoms. The van der Waals surface area contributed by atoms with Gasteiger partial charge in [-0.2, -0.15) is 18.3 Å². The van der Waals surface area contributed by atoms with E-state index in [2.05, 4.69) is 25.6 Å². The molecule has 0 bridgehead atoms. The van der Waals surface area contributed by atoms with E-state index in [-0.39, 0.29) is 11.7 Å². The summed E-state index contributed by atoms with van der Waals surface area (Å²) in [5.74, 6) is 0.477. The molecule has 0 aromatic carbocycles. The highest BCUT2D eigenvalue weighted by atomic mass is 32.2. The molecule has 0 aliphatic rings. The van der Waals surface area contributed by atoms with Gasteiger partial charge in [0.1, 0.15) is 0 Å². The van der Waals surface area contributed by atoms with Crippen LogP contribution in [0.2, 0.25) is 0 Å². The fraction of sp³-hybridized carbons (Fsp3) is 0.353. The number of alkyl halides is 3. The highest BCUT2D eigenvalue weighted by Gasteiger charge is 2.31. The van der Waals surface area contributed by atoms with Crippen LogP contribution in [0.4, 0.5) is 18.3 Å². The first kappa shape index (κ1) is 21.2. The second-order valence-corrected chi connectivity index (χ2v) is 8.66. The molecule has 3 aromatic heterocycles. The first-order chi connectivity index (χ1) is 13.7. The molecule has 3 aromatic rings. The van der Waals surface area contributed by atoms with Gasteiger partial charge in [-0.3, -0.25) is 10.1 Å². The van der Waals surface area contributed by atoms with Crippen molar-refractivity contribution in [1.29, 1.82) is 0 Å². The Morgan fingerprint density at radius 2 is 2.03 bits per heavy atom. The second-order valence-electron chi connectivity index (χ2n) is 6.17. The number of carbonyl (C=O) groups is 1. The number of amides is 1. The van der Waals surface area contributed by atoms with Crippen molar-refractivity contribution >= 4 is 34.1 Å². The van der Waals surface area contributed by atoms with E-state index in [4.69, 9.17) is 0 Å². The average molecular weight is 442 g/mol. The van der Waals surface area contributed by atoms with Crippen molar-refractivity contribution in [2.45, 2.75) is 37.2 Å². The molecule has 0 radical (unpaired) electrons. The Bertz CT molecular complexity index is 998. The maximum atomic E-state index is 12.8. The van der Waals surface area contributed by atoms with E-state index < -0.39 is 17.6 Å². The lowest BCUT2D eigenvalue weighted by Crippen LogP contribution is -2.16. The maximum Gasteiger partial charge on any atom is 0.417 e. The SMILES string of the molecule is CCSc1nnc(NC(=O)c2cnn(-c3ccc(C(F)(F)F)cn3)c2C(C)C)s1. The summed E-state index contributed by atoms with van der Waals surface area (Å²) < 4.78 is 40.4. The van der Waals surface area contributed by atoms with E-state index in [1.165, 1.54) is 40.0 Å². The number of nitrogens with one attached hydrogen (secondary N) is 1. The zero-order valence-corrected chi connectivity index (χ0v) is 17.3. The van der Waals surface area contributed by atoms with E-state index in [1.54, 1.807) is 0 Å². The van der Waals surface area contributed by atoms with E-state index in [0.29, 0.717) is 16.4 Å². The van der Waals surface area contributed by atoms with Crippen LogP contribution in [0, 0.1) is 0 Å². The molecule has 0 fully saturated rings. The number of pyridine rings is 1. The van der Waals surface area contributed by atoms with Gasteiger partial charge in [0.25, 0.3) is 5.91 Å². The fourth-order valence-corrected chi connectivity index (χ4v) is 4.20. The molecule has 1 amide bonds. The number of halogens is 3. The minimum Gasteiger partial charge on any atom is -0.296 e. The number of hydrogen-bond donors (Lipinski definition) is 1. The van der Waals surface area contributed by atoms with Crippen LogP contribution in [0.1, 0.15) is 48.3 Å². The Morgan fingerprint density at radius 1 is 1.28 bits per heavy atom. The van der Waals surface area contributed by atoms with E-state index in [0.717, 1.165) is 22.4 Å². The third-order valence-corrected chi connectivity index (χ3v) is 5.64. The highest BCUT2D eigenvalue weighted by Crippen LogP contribution is 2.30. The average Bonchev–Trinajstić information content (AvgIpc) is 3.28. The molecule has 0 aliphatic carbocycles. The second kappa shape index (κ2) is 8.49. The molecule has 0 saturated heterocycles. The van der Waals surface area contributed by atoms with Crippen molar-refractivity contribution in [3.63, 3.8) is 0 Å². The van der Waals surface area contributed by atoms with Crippen molar-refractivity contribution < 1.29 is 18.0 Å². The van der Waals surface area contributed by atoms with Crippen LogP contribution in [-0.4, -0.2) is 36.6 Å². The largest absolute Gasteiger partial charge is 0.417 e. The van der Waals surface area contributed by atoms with Crippen LogP contribution in [0.3, 0.4) is 0 Å². The molecule has 0 aliphatic heterocycles. The van der Waals surface area contributed by atoms with Gasteiger partial charge in [-0.1, -0.05) is 43.9 Å². The molecular weight excluding hydrogens is 425 g/mol. The number of nitrogens with zero attached hydrogens (tertiary/aromatic N) is 5. The Balaban J connectivity index is 1.89. The molecule has 0 saturated carbocycles. The van der Waals surface area contributed by atoms with Gasteiger partial charge in [0.05, 0.1) is 23.0 Å². The van der Waals surface area contributed by atoms with Crippen LogP contribution in [0.15, 0.2) is 28.9 Å². The molecule has 3 heterocycles. The normalized spacial score (nSPS) is 11.8. The summed E-state index contributed by atoms with van der Waals surface area (Å²) in [5, 5.41) is 15.2. The van der Waals surface area contributed by atoms with Crippen LogP contribution in [0.25, 0.3) is 5.82 Å². The summed E-state index contributed by atoms with van der Waals surface area (Å²) in [7, 11) is 0. The van der Waals surface area contributed by atoms with E-state index in [1.807, 2.05) is 20.8 Å². The maximum absolute atomic E-state index is 12.8. The molecule has 0 atom stereocenters. The van der Waals surface area contributed by atoms with Crippen LogP contribution < -0.4 is 5.32 Å². The molecule has 12 heteroatoms. The minimum atomic E-state index is -4.47. The molecule has 0 spiro atoms. The summed E-state index contributed by atoms with van der Waals surface area (Å²) >= 11 is 2.78. The summed E-state index contributed by atoms with van der Waals surface area (Å²) in [6.45, 7) is 5.70. The lowest BCUT2D eigenvalue weighted by molar-refractivity contribution is -0.137. The van der Waals surface area contributed by atoms with Crippen molar-refractivity contribution in [2.75, 3.05) is 11.1 Å². The highest BCUT2D eigenvalue weighted by molar-refractivity contribution is 8.01. The summed E-state index contributed by atoms with van der Waals surface area (Å²) in [5.41, 5.74) is -0.0292. The van der Waals surface area contributed by atoms with Gasteiger partial charge in [-0.05, 0) is 23.8 Å². The molecule has 0 unspecified atom stereocenters. The zero-order valence-electron chi connectivity index (χ0n) is 15.7. The number of carbonyl (C=O) groups excluding carboxylic acids is 1. The number of thioether (sulfide) groups is 1. The molecule has 1 N–H and O–H groups in total. The standard InChI is InChI=1S/C17H17F3N6OS2/c1-4-28-16-25-24-15(29-16)23-14(27)11-8-22-26(13(11)9(2)3)12-6-5-10(7-21-12)17(18,19)20/h5-9H,4H2,1-3H3,(H,23,24,27). The van der Waals surface area contributed by atoms with Gasteiger partial charge in [0.15, 0.2) is 10.2 Å². The number of anilines is 1. The molecule has 3 rings (SSSR count). The lowest BCUT2D eigenvalue weighted by atomic mass is 10.1. The number of rotatable bonds is 6. The minimum absolute atomic E-state index is 0.136. The molecular formula is C17H17F3N6OS2. The van der Waals surface area contributed by atoms with Gasteiger partial charge in [0.2, 0.25) is 5.13 Å². The zero-order chi connectivity index (χ0) is 21.2. The monoisotopic (exact) mass is 442 g/mol. The molecule has 154 valence electrons. The smallest absolute Gasteiger partial charge is 0.296 e. The van der Waals surface area contributed by atoms with Crippen LogP contribution >= 0.6 is 23.1 Å². The Hall–Kier alpha value is -2.47. The Kier molecular flexibility index (Phi) is 6.22. The van der Waals surface area contributed by atoms with Crippen molar-refractivity contribution in [3.05, 3.63) is 41.3 Å². The Labute approximate surface area is 172 Å². The van der Waals surface area contributed by atoms with E-state index >= 15 is 0 Å². The Morgan fingerprint density at radius 3 is 2.62 bits per heavy atom. The van der Waals surface area contributed by atoms with Crippen molar-refractivity contribution in [2.24, 2.45) is 0 Å². The van der Waals surface area contributed by atoms with Crippen molar-refractivity contribution in [1.82, 2.24) is 25.0 Å². The van der Waals surface area contributed by atoms with Gasteiger partial charge < -0.3 is 0 Å². The lowest BCUT2D eigenvalue weighted by Gasteiger charge is -2.12. The number of hydrogen-bond acceptors (Lipinski definition) is 7. The first-order valence-corrected chi connectivity index (χ1v) is 10.4. The van der Waals surface area contributed by atoms with Gasteiger partial charge in [-0.15, -0.1) is 10.2 Å². The van der Waals surface area contributed by atoms with Gasteiger partial charge >= 0.3 is 6.18 Å². The fourth-order valence-electron chi connectivity index (χ4n) is 2.56. The summed E-state index contributed by atoms with van der Waals surface area (Å²) in [6, 6.07) is 2.16. The summed E-state index contributed by atoms with van der Waals surface area (Å²) in [6.07, 6.45) is -2.36. The van der Waals surface area contributed by atoms with Gasteiger partial charge in [-0.25, -0.2) is 9.67 Å². The summed E-state index contributed by atoms with van der Waals surface area (Å²) in [4.78, 5) is 16.6. The van der Waals surface area contributed by atoms with Crippen LogP contribution in [-0.2, 0) is 6.18 Å². The predicted molar refractivity (Wildman–Crippen MR) is 105 cm³/mol. The third-order valence-electron chi connectivity index (χ3n) is 3.78. The third kappa shape index (κ3) is 4.75.